The predicted molar refractivity (Wildman–Crippen MR) is 66.5 cm³/mol. The minimum Gasteiger partial charge on any atom is -0.318 e. The van der Waals surface area contributed by atoms with Gasteiger partial charge in [-0.25, -0.2) is 4.39 Å². The fourth-order valence-corrected chi connectivity index (χ4v) is 1.63. The first kappa shape index (κ1) is 13.4. The zero-order chi connectivity index (χ0) is 12.0. The van der Waals surface area contributed by atoms with Crippen LogP contribution in [-0.4, -0.2) is 38.6 Å². The van der Waals surface area contributed by atoms with Crippen molar-refractivity contribution in [1.29, 1.82) is 0 Å². The molecule has 4 heteroatoms. The molecule has 0 aliphatic rings. The van der Waals surface area contributed by atoms with Crippen molar-refractivity contribution in [3.05, 3.63) is 34.6 Å². The van der Waals surface area contributed by atoms with Crippen LogP contribution >= 0.6 is 11.6 Å². The van der Waals surface area contributed by atoms with Crippen LogP contribution in [0.15, 0.2) is 18.2 Å². The number of halogens is 2. The average Bonchev–Trinajstić information content (AvgIpc) is 2.28. The maximum absolute atomic E-state index is 12.9. The zero-order valence-electron chi connectivity index (χ0n) is 9.76. The number of likely N-dealkylation sites (N-methyl/N-ethyl adjacent to an activating group) is 2. The van der Waals surface area contributed by atoms with Crippen molar-refractivity contribution >= 4 is 11.6 Å². The molecule has 16 heavy (non-hydrogen) atoms. The monoisotopic (exact) mass is 244 g/mol. The van der Waals surface area contributed by atoms with Gasteiger partial charge in [-0.3, -0.25) is 0 Å². The van der Waals surface area contributed by atoms with Crippen molar-refractivity contribution in [3.8, 4) is 0 Å². The molecule has 0 aromatic heterocycles. The Hall–Kier alpha value is -0.640. The van der Waals surface area contributed by atoms with E-state index >= 15 is 0 Å². The van der Waals surface area contributed by atoms with Gasteiger partial charge in [0, 0.05) is 19.6 Å². The number of nitrogens with zero attached hydrogens (tertiary/aromatic N) is 1. The van der Waals surface area contributed by atoms with Gasteiger partial charge in [0.2, 0.25) is 0 Å². The van der Waals surface area contributed by atoms with Crippen LogP contribution in [0.25, 0.3) is 0 Å². The van der Waals surface area contributed by atoms with Gasteiger partial charge in [0.1, 0.15) is 5.82 Å². The zero-order valence-corrected chi connectivity index (χ0v) is 10.5. The molecule has 1 N–H and O–H groups in total. The molecule has 0 atom stereocenters. The van der Waals surface area contributed by atoms with Crippen LogP contribution in [0.4, 0.5) is 4.39 Å². The van der Waals surface area contributed by atoms with E-state index < -0.39 is 0 Å². The highest BCUT2D eigenvalue weighted by Gasteiger charge is 2.02. The second-order valence-corrected chi connectivity index (χ2v) is 4.31. The van der Waals surface area contributed by atoms with Gasteiger partial charge in [-0.2, -0.15) is 0 Å². The molecular formula is C12H18ClFN2. The summed E-state index contributed by atoms with van der Waals surface area (Å²) in [6.45, 7) is 2.93. The molecule has 0 amide bonds. The van der Waals surface area contributed by atoms with Crippen molar-refractivity contribution in [1.82, 2.24) is 10.2 Å². The number of benzene rings is 1. The van der Waals surface area contributed by atoms with Gasteiger partial charge in [-0.05, 0) is 38.2 Å². The van der Waals surface area contributed by atoms with Crippen molar-refractivity contribution in [2.45, 2.75) is 6.42 Å². The smallest absolute Gasteiger partial charge is 0.141 e. The molecule has 0 bridgehead atoms. The third-order valence-electron chi connectivity index (χ3n) is 2.51. The highest BCUT2D eigenvalue weighted by atomic mass is 35.5. The third-order valence-corrected chi connectivity index (χ3v) is 2.80. The average molecular weight is 245 g/mol. The molecule has 0 heterocycles. The second kappa shape index (κ2) is 6.84. The Kier molecular flexibility index (Phi) is 5.74. The Bertz CT molecular complexity index is 331. The minimum atomic E-state index is -0.353. The summed E-state index contributed by atoms with van der Waals surface area (Å²) in [5.74, 6) is -0.353. The summed E-state index contributed by atoms with van der Waals surface area (Å²) in [4.78, 5) is 2.23. The Morgan fingerprint density at radius 1 is 1.38 bits per heavy atom. The molecule has 0 unspecified atom stereocenters. The Morgan fingerprint density at radius 2 is 2.12 bits per heavy atom. The molecule has 0 aliphatic carbocycles. The van der Waals surface area contributed by atoms with Crippen LogP contribution in [0.2, 0.25) is 5.02 Å². The topological polar surface area (TPSA) is 15.3 Å². The predicted octanol–water partition coefficient (Wildman–Crippen LogP) is 2.17. The Balaban J connectivity index is 2.39. The summed E-state index contributed by atoms with van der Waals surface area (Å²) in [5, 5.41) is 3.31. The number of rotatable bonds is 6. The van der Waals surface area contributed by atoms with E-state index in [0.29, 0.717) is 0 Å². The van der Waals surface area contributed by atoms with Crippen LogP contribution in [0.3, 0.4) is 0 Å². The molecular weight excluding hydrogens is 227 g/mol. The lowest BCUT2D eigenvalue weighted by Crippen LogP contribution is -2.29. The van der Waals surface area contributed by atoms with E-state index in [1.165, 1.54) is 6.07 Å². The molecule has 0 spiro atoms. The molecule has 0 fully saturated rings. The Labute approximate surface area is 101 Å². The lowest BCUT2D eigenvalue weighted by Gasteiger charge is -2.16. The molecule has 1 aromatic carbocycles. The van der Waals surface area contributed by atoms with Gasteiger partial charge in [0.05, 0.1) is 5.02 Å². The fourth-order valence-electron chi connectivity index (χ4n) is 1.43. The van der Waals surface area contributed by atoms with E-state index in [0.717, 1.165) is 31.6 Å². The van der Waals surface area contributed by atoms with Crippen LogP contribution in [-0.2, 0) is 6.42 Å². The maximum atomic E-state index is 12.9. The summed E-state index contributed by atoms with van der Waals surface area (Å²) in [6.07, 6.45) is 0.889. The largest absolute Gasteiger partial charge is 0.318 e. The molecule has 0 saturated carbocycles. The summed E-state index contributed by atoms with van der Waals surface area (Å²) >= 11 is 5.71. The van der Waals surface area contributed by atoms with Crippen molar-refractivity contribution < 1.29 is 4.39 Å². The van der Waals surface area contributed by atoms with Crippen molar-refractivity contribution in [2.75, 3.05) is 33.7 Å². The standard InChI is InChI=1S/C12H18ClFN2/c1-15-6-8-16(2)7-5-10-3-4-12(14)11(13)9-10/h3-4,9,15H,5-8H2,1-2H3. The van der Waals surface area contributed by atoms with Gasteiger partial charge in [0.15, 0.2) is 0 Å². The van der Waals surface area contributed by atoms with Crippen molar-refractivity contribution in [3.63, 3.8) is 0 Å². The molecule has 0 radical (unpaired) electrons. The maximum Gasteiger partial charge on any atom is 0.141 e. The SMILES string of the molecule is CNCCN(C)CCc1ccc(F)c(Cl)c1. The third kappa shape index (κ3) is 4.47. The highest BCUT2D eigenvalue weighted by Crippen LogP contribution is 2.16. The molecule has 0 saturated heterocycles. The quantitative estimate of drug-likeness (QED) is 0.825. The van der Waals surface area contributed by atoms with E-state index in [1.807, 2.05) is 7.05 Å². The molecule has 0 aliphatic heterocycles. The van der Waals surface area contributed by atoms with Gasteiger partial charge in [-0.1, -0.05) is 17.7 Å². The van der Waals surface area contributed by atoms with Crippen LogP contribution in [0.1, 0.15) is 5.56 Å². The molecule has 90 valence electrons. The van der Waals surface area contributed by atoms with Gasteiger partial charge in [0.25, 0.3) is 0 Å². The van der Waals surface area contributed by atoms with Crippen molar-refractivity contribution in [2.24, 2.45) is 0 Å². The first-order chi connectivity index (χ1) is 7.63. The summed E-state index contributed by atoms with van der Waals surface area (Å²) < 4.78 is 12.9. The first-order valence-corrected chi connectivity index (χ1v) is 5.78. The van der Waals surface area contributed by atoms with Crippen LogP contribution in [0.5, 0.6) is 0 Å². The number of hydrogen-bond donors (Lipinski definition) is 1. The lowest BCUT2D eigenvalue weighted by molar-refractivity contribution is 0.339. The molecule has 1 rings (SSSR count). The van der Waals surface area contributed by atoms with Gasteiger partial charge in [-0.15, -0.1) is 0 Å². The van der Waals surface area contributed by atoms with Crippen LogP contribution < -0.4 is 5.32 Å². The summed E-state index contributed by atoms with van der Waals surface area (Å²) in [6, 6.07) is 4.90. The van der Waals surface area contributed by atoms with E-state index in [4.69, 9.17) is 11.6 Å². The van der Waals surface area contributed by atoms with Crippen LogP contribution in [0, 0.1) is 5.82 Å². The fraction of sp³-hybridized carbons (Fsp3) is 0.500. The molecule has 2 nitrogen and oxygen atoms in total. The van der Waals surface area contributed by atoms with Gasteiger partial charge < -0.3 is 10.2 Å². The number of nitrogens with one attached hydrogen (secondary N) is 1. The summed E-state index contributed by atoms with van der Waals surface area (Å²) in [5.41, 5.74) is 1.07. The summed E-state index contributed by atoms with van der Waals surface area (Å²) in [7, 11) is 4.01. The molecule has 1 aromatic rings. The van der Waals surface area contributed by atoms with E-state index in [1.54, 1.807) is 12.1 Å². The van der Waals surface area contributed by atoms with E-state index in [9.17, 15) is 4.39 Å². The minimum absolute atomic E-state index is 0.204. The van der Waals surface area contributed by atoms with Gasteiger partial charge >= 0.3 is 0 Å². The lowest BCUT2D eigenvalue weighted by atomic mass is 10.1. The Morgan fingerprint density at radius 3 is 2.75 bits per heavy atom. The normalized spacial score (nSPS) is 11.1. The van der Waals surface area contributed by atoms with E-state index in [-0.39, 0.29) is 10.8 Å². The second-order valence-electron chi connectivity index (χ2n) is 3.91. The van der Waals surface area contributed by atoms with E-state index in [2.05, 4.69) is 17.3 Å². The highest BCUT2D eigenvalue weighted by molar-refractivity contribution is 6.30. The first-order valence-electron chi connectivity index (χ1n) is 5.40. The number of hydrogen-bond acceptors (Lipinski definition) is 2.